The lowest BCUT2D eigenvalue weighted by atomic mass is 10.1. The lowest BCUT2D eigenvalue weighted by molar-refractivity contribution is -0.134. The standard InChI is InChI=1S/2C30H29ClN6O3.C4H4O4.H2O/c2*1-4-39-28-16-25-23(15-26(28)36-29(38)9-7-13-37(2)3)30(20(17-32)18-34-25)35-21-10-11-27(24(31)14-21)40-19-22-8-5-6-12-33-22;5-3(6)1-2-4(7)8;/h2*5-12,14-16,18H,4,13,19H2,1-3H3,(H,34,35)(H,36,38);1-2H,(H,5,6)(H,7,8);1H2/b2*9-7+;2-1-;. The number of fused-ring (bicyclic) bond motifs is 2. The molecule has 23 nitrogen and oxygen atoms in total. The average Bonchev–Trinajstić information content (AvgIpc) is 1.01. The second-order valence-corrected chi connectivity index (χ2v) is 19.8. The molecule has 4 heterocycles. The number of benzene rings is 4. The number of carboxylic acids is 2. The Morgan fingerprint density at radius 3 is 1.28 bits per heavy atom. The summed E-state index contributed by atoms with van der Waals surface area (Å²) in [4.78, 5) is 65.6. The average molecular weight is 1250 g/mol. The number of anilines is 6. The molecule has 4 aromatic carbocycles. The summed E-state index contributed by atoms with van der Waals surface area (Å²) in [5.41, 5.74) is 6.65. The van der Waals surface area contributed by atoms with Crippen LogP contribution >= 0.6 is 23.2 Å². The molecule has 0 aliphatic rings. The molecule has 460 valence electrons. The van der Waals surface area contributed by atoms with Crippen molar-refractivity contribution in [2.24, 2.45) is 0 Å². The van der Waals surface area contributed by atoms with E-state index in [1.165, 1.54) is 24.5 Å². The third kappa shape index (κ3) is 21.7. The van der Waals surface area contributed by atoms with Crippen molar-refractivity contribution in [3.8, 4) is 35.1 Å². The van der Waals surface area contributed by atoms with E-state index in [2.05, 4.69) is 53.3 Å². The minimum Gasteiger partial charge on any atom is -0.492 e. The van der Waals surface area contributed by atoms with Gasteiger partial charge >= 0.3 is 11.9 Å². The first-order valence-corrected chi connectivity index (χ1v) is 27.7. The van der Waals surface area contributed by atoms with Crippen LogP contribution in [0.25, 0.3) is 21.8 Å². The van der Waals surface area contributed by atoms with Crippen molar-refractivity contribution < 1.29 is 53.8 Å². The maximum atomic E-state index is 12.6. The lowest BCUT2D eigenvalue weighted by Gasteiger charge is -2.16. The summed E-state index contributed by atoms with van der Waals surface area (Å²) in [7, 11) is 7.68. The number of nitrogens with zero attached hydrogens (tertiary/aromatic N) is 8. The van der Waals surface area contributed by atoms with Crippen molar-refractivity contribution in [3.05, 3.63) is 191 Å². The van der Waals surface area contributed by atoms with Gasteiger partial charge in [0.15, 0.2) is 0 Å². The molecule has 0 unspecified atom stereocenters. The highest BCUT2D eigenvalue weighted by atomic mass is 35.5. The summed E-state index contributed by atoms with van der Waals surface area (Å²) < 4.78 is 23.2. The molecule has 0 radical (unpaired) electrons. The van der Waals surface area contributed by atoms with Crippen LogP contribution in [0.2, 0.25) is 10.0 Å². The van der Waals surface area contributed by atoms with Crippen LogP contribution in [0.1, 0.15) is 36.4 Å². The summed E-state index contributed by atoms with van der Waals surface area (Å²) >= 11 is 13.0. The Hall–Kier alpha value is -10.7. The van der Waals surface area contributed by atoms with Gasteiger partial charge in [-0.25, -0.2) is 9.59 Å². The Bertz CT molecular complexity index is 3680. The number of hydrogen-bond donors (Lipinski definition) is 6. The molecule has 8 N–H and O–H groups in total. The molecule has 0 spiro atoms. The molecule has 0 bridgehead atoms. The highest BCUT2D eigenvalue weighted by Crippen LogP contribution is 2.40. The smallest absolute Gasteiger partial charge is 0.328 e. The largest absolute Gasteiger partial charge is 0.492 e. The molecule has 0 aliphatic heterocycles. The number of ether oxygens (including phenoxy) is 4. The van der Waals surface area contributed by atoms with Gasteiger partial charge in [0, 0.05) is 96.5 Å². The van der Waals surface area contributed by atoms with E-state index in [1.54, 1.807) is 85.2 Å². The number of aromatic nitrogens is 4. The lowest BCUT2D eigenvalue weighted by Crippen LogP contribution is -2.13. The van der Waals surface area contributed by atoms with E-state index in [-0.39, 0.29) is 30.5 Å². The van der Waals surface area contributed by atoms with Gasteiger partial charge in [0.05, 0.1) is 79.6 Å². The second kappa shape index (κ2) is 35.1. The SMILES string of the molecule is CCOc1cc2ncc(C#N)c(Nc3ccc(OCc4ccccn4)c(Cl)c3)c2cc1NC(=O)/C=C/CN(C)C.CCOc1cc2ncc(C#N)c(Nc3ccc(OCc4ccccn4)c(Cl)c3)c2cc1NC(=O)/C=C/CN(C)C.O.O=C(O)/C=C\C(=O)O. The second-order valence-electron chi connectivity index (χ2n) is 19.0. The van der Waals surface area contributed by atoms with Crippen LogP contribution in [0.5, 0.6) is 23.0 Å². The number of hydrogen-bond acceptors (Lipinski definition) is 18. The predicted octanol–water partition coefficient (Wildman–Crippen LogP) is 10.8. The van der Waals surface area contributed by atoms with Gasteiger partial charge in [0.1, 0.15) is 48.4 Å². The molecule has 0 saturated heterocycles. The minimum atomic E-state index is -1.26. The number of rotatable bonds is 24. The number of carbonyl (C=O) groups excluding carboxylic acids is 2. The fourth-order valence-electron chi connectivity index (χ4n) is 7.81. The van der Waals surface area contributed by atoms with Crippen LogP contribution in [0.4, 0.5) is 34.1 Å². The molecule has 2 amide bonds. The molecule has 0 fully saturated rings. The fraction of sp³-hybridized carbons (Fsp3) is 0.188. The Morgan fingerprint density at radius 1 is 0.551 bits per heavy atom. The molecular weight excluding hydrogens is 1180 g/mol. The number of carbonyl (C=O) groups is 4. The normalized spacial score (nSPS) is 10.7. The maximum absolute atomic E-state index is 12.6. The van der Waals surface area contributed by atoms with Crippen molar-refractivity contribution in [1.29, 1.82) is 10.5 Å². The molecule has 0 atom stereocenters. The number of pyridine rings is 4. The molecule has 4 aromatic heterocycles. The third-order valence-corrected chi connectivity index (χ3v) is 12.3. The molecule has 0 aliphatic carbocycles. The Morgan fingerprint density at radius 2 is 0.955 bits per heavy atom. The van der Waals surface area contributed by atoms with E-state index >= 15 is 0 Å². The van der Waals surface area contributed by atoms with E-state index in [0.29, 0.717) is 139 Å². The molecule has 8 rings (SSSR count). The van der Waals surface area contributed by atoms with E-state index in [4.69, 9.17) is 52.4 Å². The van der Waals surface area contributed by atoms with Gasteiger partial charge in [-0.3, -0.25) is 29.5 Å². The quantitative estimate of drug-likeness (QED) is 0.0306. The van der Waals surface area contributed by atoms with Crippen molar-refractivity contribution in [2.75, 3.05) is 75.8 Å². The highest BCUT2D eigenvalue weighted by Gasteiger charge is 2.19. The van der Waals surface area contributed by atoms with Crippen LogP contribution in [-0.4, -0.2) is 124 Å². The zero-order chi connectivity index (χ0) is 63.5. The molecule has 89 heavy (non-hydrogen) atoms. The number of nitriles is 2. The van der Waals surface area contributed by atoms with Crippen LogP contribution in [0, 0.1) is 22.7 Å². The van der Waals surface area contributed by atoms with E-state index in [0.717, 1.165) is 11.4 Å². The topological polar surface area (TPSA) is 331 Å². The van der Waals surface area contributed by atoms with Crippen LogP contribution in [-0.2, 0) is 32.4 Å². The monoisotopic (exact) mass is 1250 g/mol. The van der Waals surface area contributed by atoms with Crippen LogP contribution < -0.4 is 40.2 Å². The Kier molecular flexibility index (Phi) is 27.2. The van der Waals surface area contributed by atoms with Crippen molar-refractivity contribution >= 4 is 103 Å². The molecule has 8 aromatic rings. The Labute approximate surface area is 523 Å². The minimum absolute atomic E-state index is 0. The van der Waals surface area contributed by atoms with Gasteiger partial charge in [0.2, 0.25) is 11.8 Å². The summed E-state index contributed by atoms with van der Waals surface area (Å²) in [6.07, 6.45) is 14.0. The van der Waals surface area contributed by atoms with Gasteiger partial charge in [-0.05, 0) is 115 Å². The fourth-order valence-corrected chi connectivity index (χ4v) is 8.28. The van der Waals surface area contributed by atoms with Crippen LogP contribution in [0.15, 0.2) is 158 Å². The van der Waals surface area contributed by atoms with E-state index in [1.807, 2.05) is 88.2 Å². The molecule has 0 saturated carbocycles. The number of halogens is 2. The summed E-state index contributed by atoms with van der Waals surface area (Å²) in [5, 5.41) is 49.7. The van der Waals surface area contributed by atoms with Crippen LogP contribution in [0.3, 0.4) is 0 Å². The zero-order valence-electron chi connectivity index (χ0n) is 49.2. The first kappa shape index (κ1) is 69.1. The first-order valence-electron chi connectivity index (χ1n) is 26.9. The molecule has 25 heteroatoms. The van der Waals surface area contributed by atoms with E-state index < -0.39 is 11.9 Å². The van der Waals surface area contributed by atoms with Gasteiger partial charge < -0.3 is 65.7 Å². The van der Waals surface area contributed by atoms with Crippen molar-refractivity contribution in [2.45, 2.75) is 27.1 Å². The summed E-state index contributed by atoms with van der Waals surface area (Å²) in [6, 6.07) is 33.1. The van der Waals surface area contributed by atoms with Gasteiger partial charge in [-0.1, -0.05) is 47.5 Å². The summed E-state index contributed by atoms with van der Waals surface area (Å²) in [6.45, 7) is 6.34. The van der Waals surface area contributed by atoms with Gasteiger partial charge in [-0.2, -0.15) is 10.5 Å². The first-order chi connectivity index (χ1) is 42.4. The van der Waals surface area contributed by atoms with Gasteiger partial charge in [-0.15, -0.1) is 0 Å². The maximum Gasteiger partial charge on any atom is 0.328 e. The zero-order valence-corrected chi connectivity index (χ0v) is 50.8. The summed E-state index contributed by atoms with van der Waals surface area (Å²) in [5.74, 6) is -1.14. The van der Waals surface area contributed by atoms with E-state index in [9.17, 15) is 29.7 Å². The third-order valence-electron chi connectivity index (χ3n) is 11.7. The number of nitrogens with one attached hydrogen (secondary N) is 4. The van der Waals surface area contributed by atoms with Crippen molar-refractivity contribution in [1.82, 2.24) is 29.7 Å². The van der Waals surface area contributed by atoms with Gasteiger partial charge in [0.25, 0.3) is 0 Å². The molecular formula is C64H64Cl2N12O11. The predicted molar refractivity (Wildman–Crippen MR) is 343 cm³/mol. The number of carboxylic acid groups (broad SMARTS) is 2. The highest BCUT2D eigenvalue weighted by molar-refractivity contribution is 6.32. The number of likely N-dealkylation sites (N-methyl/N-ethyl adjacent to an activating group) is 2. The number of aliphatic carboxylic acids is 2. The Balaban J connectivity index is 0.000000285. The van der Waals surface area contributed by atoms with Crippen molar-refractivity contribution in [3.63, 3.8) is 0 Å². The number of amides is 2.